The Hall–Kier alpha value is -1.47. The largest absolute Gasteiger partial charge is 0.481 e. The van der Waals surface area contributed by atoms with E-state index in [1.165, 1.54) is 30.4 Å². The van der Waals surface area contributed by atoms with Gasteiger partial charge in [-0.2, -0.15) is 0 Å². The van der Waals surface area contributed by atoms with Crippen molar-refractivity contribution in [3.8, 4) is 0 Å². The summed E-state index contributed by atoms with van der Waals surface area (Å²) in [6.45, 7) is 0. The average Bonchev–Trinajstić information content (AvgIpc) is 2.95. The van der Waals surface area contributed by atoms with E-state index in [4.69, 9.17) is 16.7 Å². The van der Waals surface area contributed by atoms with Crippen LogP contribution in [0.2, 0.25) is 5.02 Å². The van der Waals surface area contributed by atoms with Crippen LogP contribution in [-0.4, -0.2) is 44.7 Å². The van der Waals surface area contributed by atoms with Gasteiger partial charge in [-0.3, -0.25) is 4.79 Å². The Kier molecular flexibility index (Phi) is 10.2. The number of unbranched alkanes of at least 4 members (excludes halogenated alkanes) is 3. The maximum absolute atomic E-state index is 13.8. The lowest BCUT2D eigenvalue weighted by molar-refractivity contribution is -0.137. The van der Waals surface area contributed by atoms with Gasteiger partial charge in [0.1, 0.15) is 5.82 Å². The van der Waals surface area contributed by atoms with Gasteiger partial charge < -0.3 is 20.4 Å². The van der Waals surface area contributed by atoms with Crippen LogP contribution in [0.15, 0.2) is 24.3 Å². The Labute approximate surface area is 182 Å². The normalized spacial score (nSPS) is 25.1. The molecule has 7 heteroatoms. The lowest BCUT2D eigenvalue weighted by Gasteiger charge is -2.24. The Balaban J connectivity index is 1.80. The topological polar surface area (TPSA) is 98.0 Å². The molecule has 0 aliphatic heterocycles. The Bertz CT molecular complexity index is 711. The summed E-state index contributed by atoms with van der Waals surface area (Å²) in [4.78, 5) is 10.5. The van der Waals surface area contributed by atoms with E-state index >= 15 is 0 Å². The Morgan fingerprint density at radius 2 is 1.80 bits per heavy atom. The Morgan fingerprint density at radius 3 is 2.50 bits per heavy atom. The van der Waals surface area contributed by atoms with Gasteiger partial charge in [-0.25, -0.2) is 4.39 Å². The van der Waals surface area contributed by atoms with E-state index in [2.05, 4.69) is 0 Å². The summed E-state index contributed by atoms with van der Waals surface area (Å²) in [7, 11) is 0. The smallest absolute Gasteiger partial charge is 0.303 e. The predicted octanol–water partition coefficient (Wildman–Crippen LogP) is 4.42. The molecule has 0 heterocycles. The van der Waals surface area contributed by atoms with Crippen LogP contribution < -0.4 is 0 Å². The molecule has 1 aromatic carbocycles. The second-order valence-electron chi connectivity index (χ2n) is 8.21. The number of hydrogen-bond donors (Lipinski definition) is 4. The van der Waals surface area contributed by atoms with E-state index < -0.39 is 30.1 Å². The molecule has 5 nitrogen and oxygen atoms in total. The fourth-order valence-electron chi connectivity index (χ4n) is 4.31. The molecule has 2 rings (SSSR count). The number of aliphatic hydroxyl groups is 3. The van der Waals surface area contributed by atoms with Gasteiger partial charge in [-0.15, -0.1) is 0 Å². The maximum Gasteiger partial charge on any atom is 0.303 e. The molecule has 1 aromatic rings. The highest BCUT2D eigenvalue weighted by atomic mass is 35.5. The molecular formula is C23H32ClFO5. The summed E-state index contributed by atoms with van der Waals surface area (Å²) < 4.78 is 13.8. The van der Waals surface area contributed by atoms with E-state index in [9.17, 15) is 24.5 Å². The number of aliphatic carboxylic acids is 1. The Morgan fingerprint density at radius 1 is 1.13 bits per heavy atom. The molecule has 0 radical (unpaired) electrons. The fraction of sp³-hybridized carbons (Fsp3) is 0.609. The number of benzene rings is 1. The van der Waals surface area contributed by atoms with Crippen LogP contribution in [-0.2, 0) is 4.79 Å². The number of halogens is 2. The highest BCUT2D eigenvalue weighted by molar-refractivity contribution is 6.30. The first-order valence-electron chi connectivity index (χ1n) is 10.7. The predicted molar refractivity (Wildman–Crippen MR) is 115 cm³/mol. The van der Waals surface area contributed by atoms with Crippen LogP contribution in [0.4, 0.5) is 4.39 Å². The zero-order valence-electron chi connectivity index (χ0n) is 17.1. The molecule has 168 valence electrons. The molecule has 1 unspecified atom stereocenters. The summed E-state index contributed by atoms with van der Waals surface area (Å²) >= 11 is 5.87. The van der Waals surface area contributed by atoms with Gasteiger partial charge in [0, 0.05) is 17.0 Å². The first kappa shape index (κ1) is 24.8. The molecular weight excluding hydrogens is 411 g/mol. The van der Waals surface area contributed by atoms with Crippen molar-refractivity contribution < 1.29 is 29.6 Å². The number of rotatable bonds is 12. The molecule has 1 aliphatic carbocycles. The highest BCUT2D eigenvalue weighted by Crippen LogP contribution is 2.39. The monoisotopic (exact) mass is 442 g/mol. The molecule has 5 atom stereocenters. The van der Waals surface area contributed by atoms with Crippen molar-refractivity contribution in [1.29, 1.82) is 0 Å². The van der Waals surface area contributed by atoms with E-state index in [1.807, 2.05) is 0 Å². The number of carboxylic acid groups (broad SMARTS) is 1. The minimum Gasteiger partial charge on any atom is -0.481 e. The van der Waals surface area contributed by atoms with Crippen molar-refractivity contribution in [2.75, 3.05) is 0 Å². The molecule has 1 aliphatic rings. The zero-order valence-corrected chi connectivity index (χ0v) is 17.8. The van der Waals surface area contributed by atoms with Crippen LogP contribution in [0.25, 0.3) is 6.08 Å². The molecule has 4 N–H and O–H groups in total. The molecule has 1 saturated carbocycles. The molecule has 0 aromatic heterocycles. The van der Waals surface area contributed by atoms with E-state index in [0.717, 1.165) is 25.7 Å². The van der Waals surface area contributed by atoms with Gasteiger partial charge in [0.05, 0.1) is 18.3 Å². The molecule has 0 bridgehead atoms. The summed E-state index contributed by atoms with van der Waals surface area (Å²) in [6.07, 6.45) is 6.60. The number of carboxylic acids is 1. The van der Waals surface area contributed by atoms with Crippen LogP contribution in [0.5, 0.6) is 0 Å². The third-order valence-electron chi connectivity index (χ3n) is 5.95. The summed E-state index contributed by atoms with van der Waals surface area (Å²) in [5.74, 6) is -1.32. The van der Waals surface area contributed by atoms with Crippen molar-refractivity contribution in [3.05, 3.63) is 40.7 Å². The lowest BCUT2D eigenvalue weighted by Crippen LogP contribution is -2.23. The van der Waals surface area contributed by atoms with Gasteiger partial charge in [0.2, 0.25) is 0 Å². The van der Waals surface area contributed by atoms with Crippen molar-refractivity contribution in [1.82, 2.24) is 0 Å². The second-order valence-corrected chi connectivity index (χ2v) is 8.65. The first-order chi connectivity index (χ1) is 14.3. The van der Waals surface area contributed by atoms with Gasteiger partial charge in [0.25, 0.3) is 0 Å². The summed E-state index contributed by atoms with van der Waals surface area (Å²) in [5.41, 5.74) is 0.304. The van der Waals surface area contributed by atoms with Crippen LogP contribution in [0.3, 0.4) is 0 Å². The van der Waals surface area contributed by atoms with Gasteiger partial charge in [0.15, 0.2) is 0 Å². The third-order valence-corrected chi connectivity index (χ3v) is 6.19. The van der Waals surface area contributed by atoms with E-state index in [1.54, 1.807) is 0 Å². The fourth-order valence-corrected chi connectivity index (χ4v) is 4.49. The van der Waals surface area contributed by atoms with E-state index in [0.29, 0.717) is 36.3 Å². The molecule has 0 amide bonds. The van der Waals surface area contributed by atoms with Gasteiger partial charge >= 0.3 is 5.97 Å². The minimum atomic E-state index is -0.787. The van der Waals surface area contributed by atoms with Crippen LogP contribution in [0.1, 0.15) is 63.4 Å². The molecule has 1 fully saturated rings. The van der Waals surface area contributed by atoms with Crippen molar-refractivity contribution >= 4 is 23.6 Å². The second kappa shape index (κ2) is 12.4. The van der Waals surface area contributed by atoms with Crippen molar-refractivity contribution in [3.63, 3.8) is 0 Å². The molecule has 0 spiro atoms. The third kappa shape index (κ3) is 7.99. The number of carbonyl (C=O) groups is 1. The summed E-state index contributed by atoms with van der Waals surface area (Å²) in [6, 6.07) is 4.23. The highest BCUT2D eigenvalue weighted by Gasteiger charge is 2.40. The van der Waals surface area contributed by atoms with E-state index in [-0.39, 0.29) is 18.3 Å². The molecule has 30 heavy (non-hydrogen) atoms. The lowest BCUT2D eigenvalue weighted by atomic mass is 9.85. The molecule has 0 saturated heterocycles. The van der Waals surface area contributed by atoms with Gasteiger partial charge in [-0.05, 0) is 62.1 Å². The van der Waals surface area contributed by atoms with Crippen LogP contribution >= 0.6 is 11.6 Å². The number of hydrogen-bond acceptors (Lipinski definition) is 4. The van der Waals surface area contributed by atoms with Crippen molar-refractivity contribution in [2.45, 2.75) is 76.1 Å². The number of aliphatic hydroxyl groups excluding tert-OH is 3. The zero-order chi connectivity index (χ0) is 22.1. The standard InChI is InChI=1S/C23H32ClFO5/c24-16-8-12-20(25)15(13-16)7-9-17(26)10-11-19-18(21(27)14-22(19)28)5-3-1-2-4-6-23(29)30/h7-9,12-13,17-19,21-22,26-28H,1-6,10-11,14H2,(H,29,30)/t17?,18-,19-,21+,22-/m1/s1. The quantitative estimate of drug-likeness (QED) is 0.359. The first-order valence-corrected chi connectivity index (χ1v) is 11.0. The van der Waals surface area contributed by atoms with Gasteiger partial charge in [-0.1, -0.05) is 43.0 Å². The average molecular weight is 443 g/mol. The van der Waals surface area contributed by atoms with Crippen molar-refractivity contribution in [2.24, 2.45) is 11.8 Å². The van der Waals surface area contributed by atoms with Crippen LogP contribution in [0, 0.1) is 17.7 Å². The maximum atomic E-state index is 13.8. The summed E-state index contributed by atoms with van der Waals surface area (Å²) in [5, 5.41) is 40.0. The minimum absolute atomic E-state index is 0.0268. The SMILES string of the molecule is O=C(O)CCCCCC[C@@H]1[C@@H](CCC(O)C=Cc2cc(Cl)ccc2F)[C@H](O)C[C@@H]1O.